The number of hydrogen-bond donors (Lipinski definition) is 0. The van der Waals surface area contributed by atoms with Crippen LogP contribution in [0.5, 0.6) is 0 Å². The molecule has 1 saturated heterocycles. The molecule has 1 unspecified atom stereocenters. The van der Waals surface area contributed by atoms with Gasteiger partial charge in [0.15, 0.2) is 15.6 Å². The Labute approximate surface area is 192 Å². The van der Waals surface area contributed by atoms with Crippen LogP contribution in [0.25, 0.3) is 6.08 Å². The van der Waals surface area contributed by atoms with E-state index in [4.69, 9.17) is 4.74 Å². The molecule has 2 aromatic carbocycles. The number of anilines is 2. The van der Waals surface area contributed by atoms with Crippen molar-refractivity contribution in [1.29, 1.82) is 0 Å². The lowest BCUT2D eigenvalue weighted by atomic mass is 9.77. The van der Waals surface area contributed by atoms with E-state index in [1.807, 2.05) is 38.4 Å². The Morgan fingerprint density at radius 1 is 1.06 bits per heavy atom. The number of allylic oxidation sites excluding steroid dienone is 2. The van der Waals surface area contributed by atoms with Crippen LogP contribution in [0.2, 0.25) is 0 Å². The van der Waals surface area contributed by atoms with Gasteiger partial charge < -0.3 is 14.5 Å². The summed E-state index contributed by atoms with van der Waals surface area (Å²) < 4.78 is 30.5. The van der Waals surface area contributed by atoms with E-state index in [-0.39, 0.29) is 7.43 Å². The number of hydrogen-bond acceptors (Lipinski definition) is 5. The molecule has 2 aromatic rings. The fourth-order valence-corrected chi connectivity index (χ4v) is 5.26. The van der Waals surface area contributed by atoms with E-state index in [1.54, 1.807) is 6.07 Å². The third-order valence-electron chi connectivity index (χ3n) is 6.43. The van der Waals surface area contributed by atoms with Gasteiger partial charge in [0, 0.05) is 43.7 Å². The van der Waals surface area contributed by atoms with Gasteiger partial charge in [-0.05, 0) is 47.5 Å². The third kappa shape index (κ3) is 3.86. The Hall–Kier alpha value is -2.57. The Morgan fingerprint density at radius 2 is 1.75 bits per heavy atom. The summed E-state index contributed by atoms with van der Waals surface area (Å²) in [4.78, 5) is 4.68. The van der Waals surface area contributed by atoms with Gasteiger partial charge >= 0.3 is 0 Å². The van der Waals surface area contributed by atoms with E-state index >= 15 is 0 Å². The van der Waals surface area contributed by atoms with Crippen molar-refractivity contribution in [3.63, 3.8) is 0 Å². The number of rotatable bonds is 5. The maximum Gasteiger partial charge on any atom is 0.175 e. The van der Waals surface area contributed by atoms with Crippen LogP contribution in [0, 0.1) is 0 Å². The first-order valence-electron chi connectivity index (χ1n) is 10.5. The molecule has 0 radical (unpaired) electrons. The highest BCUT2D eigenvalue weighted by Crippen LogP contribution is 2.55. The minimum absolute atomic E-state index is 0. The van der Waals surface area contributed by atoms with Crippen molar-refractivity contribution in [2.45, 2.75) is 37.3 Å². The quantitative estimate of drug-likeness (QED) is 0.603. The molecule has 0 aliphatic carbocycles. The molecule has 1 fully saturated rings. The minimum atomic E-state index is -3.27. The second kappa shape index (κ2) is 8.41. The Balaban J connectivity index is 0.00000289. The Morgan fingerprint density at radius 3 is 2.38 bits per heavy atom. The number of nitrogens with zero attached hydrogens (tertiary/aromatic N) is 2. The van der Waals surface area contributed by atoms with Gasteiger partial charge in [0.2, 0.25) is 0 Å². The van der Waals surface area contributed by atoms with Gasteiger partial charge in [-0.25, -0.2) is 8.42 Å². The van der Waals surface area contributed by atoms with E-state index < -0.39 is 21.0 Å². The summed E-state index contributed by atoms with van der Waals surface area (Å²) in [5, 5.41) is 0. The van der Waals surface area contributed by atoms with Crippen LogP contribution < -0.4 is 9.80 Å². The molecule has 4 rings (SSSR count). The molecule has 2 heterocycles. The lowest BCUT2D eigenvalue weighted by molar-refractivity contribution is -0.000334. The van der Waals surface area contributed by atoms with Gasteiger partial charge in [-0.1, -0.05) is 51.6 Å². The fourth-order valence-electron chi connectivity index (χ4n) is 4.61. The molecular weight excluding hydrogens is 420 g/mol. The summed E-state index contributed by atoms with van der Waals surface area (Å²) in [5.74, 6) is 0. The molecule has 0 amide bonds. The van der Waals surface area contributed by atoms with Gasteiger partial charge in [-0.2, -0.15) is 0 Å². The van der Waals surface area contributed by atoms with Crippen molar-refractivity contribution in [2.75, 3.05) is 43.3 Å². The van der Waals surface area contributed by atoms with Gasteiger partial charge in [-0.3, -0.25) is 0 Å². The predicted octanol–water partition coefficient (Wildman–Crippen LogP) is 4.89. The third-order valence-corrected chi connectivity index (χ3v) is 7.54. The Bertz CT molecular complexity index is 1150. The van der Waals surface area contributed by atoms with Gasteiger partial charge in [0.25, 0.3) is 0 Å². The maximum atomic E-state index is 12.1. The summed E-state index contributed by atoms with van der Waals surface area (Å²) in [5.41, 5.74) is 3.30. The van der Waals surface area contributed by atoms with E-state index in [2.05, 4.69) is 60.1 Å². The first-order valence-corrected chi connectivity index (χ1v) is 12.3. The lowest BCUT2D eigenvalue weighted by Gasteiger charge is -2.39. The molecule has 2 aliphatic heterocycles. The highest BCUT2D eigenvalue weighted by molar-refractivity contribution is 7.90. The van der Waals surface area contributed by atoms with Gasteiger partial charge in [0.05, 0.1) is 11.5 Å². The van der Waals surface area contributed by atoms with E-state index in [9.17, 15) is 8.42 Å². The van der Waals surface area contributed by atoms with Crippen molar-refractivity contribution < 1.29 is 13.2 Å². The summed E-state index contributed by atoms with van der Waals surface area (Å²) >= 11 is 0. The number of fused-ring (bicyclic) bond motifs is 3. The van der Waals surface area contributed by atoms with Crippen molar-refractivity contribution in [3.05, 3.63) is 71.8 Å². The van der Waals surface area contributed by atoms with E-state index in [0.29, 0.717) is 11.5 Å². The maximum absolute atomic E-state index is 12.1. The summed E-state index contributed by atoms with van der Waals surface area (Å²) in [6.07, 6.45) is 9.48. The van der Waals surface area contributed by atoms with E-state index in [0.717, 1.165) is 23.4 Å². The zero-order valence-corrected chi connectivity index (χ0v) is 19.6. The summed E-state index contributed by atoms with van der Waals surface area (Å²) in [6, 6.07) is 13.8. The molecule has 0 aromatic heterocycles. The van der Waals surface area contributed by atoms with Crippen LogP contribution in [0.15, 0.2) is 65.6 Å². The molecule has 1 atom stereocenters. The Kier molecular flexibility index (Phi) is 6.33. The van der Waals surface area contributed by atoms with Crippen LogP contribution in [0.4, 0.5) is 11.4 Å². The van der Waals surface area contributed by atoms with Crippen molar-refractivity contribution >= 4 is 27.3 Å². The molecule has 6 heteroatoms. The van der Waals surface area contributed by atoms with Crippen molar-refractivity contribution in [3.8, 4) is 0 Å². The highest BCUT2D eigenvalue weighted by atomic mass is 32.2. The van der Waals surface area contributed by atoms with Crippen LogP contribution in [0.3, 0.4) is 0 Å². The smallest absolute Gasteiger partial charge is 0.175 e. The minimum Gasteiger partial charge on any atom is -0.378 e. The lowest BCUT2D eigenvalue weighted by Crippen LogP contribution is -2.51. The van der Waals surface area contributed by atoms with Crippen molar-refractivity contribution in [1.82, 2.24) is 0 Å². The monoisotopic (exact) mass is 454 g/mol. The predicted molar refractivity (Wildman–Crippen MR) is 134 cm³/mol. The summed E-state index contributed by atoms with van der Waals surface area (Å²) in [6.45, 7) is 5.65. The zero-order valence-electron chi connectivity index (χ0n) is 18.8. The van der Waals surface area contributed by atoms with Crippen LogP contribution in [-0.4, -0.2) is 47.6 Å². The molecule has 0 spiro atoms. The second-order valence-electron chi connectivity index (χ2n) is 8.98. The zero-order chi connectivity index (χ0) is 22.4. The SMILES string of the molecule is C.CN(C)c1ccc(C=CC=CC23OCCN2c2ccc(S(C)(=O)=O)cc2C3(C)C)cc1. The first-order chi connectivity index (χ1) is 14.6. The number of benzene rings is 2. The molecule has 0 saturated carbocycles. The standard InChI is InChI=1S/C25H30N2O3S.CH4/c1-24(2)22-18-21(31(5,28)29)13-14-23(22)27-16-17-30-25(24,27)15-7-6-8-19-9-11-20(12-10-19)26(3)4;/h6-15,18H,16-17H2,1-5H3;1H4. The van der Waals surface area contributed by atoms with E-state index in [1.165, 1.54) is 11.9 Å². The average molecular weight is 455 g/mol. The molecule has 0 N–H and O–H groups in total. The largest absolute Gasteiger partial charge is 0.378 e. The molecule has 172 valence electrons. The van der Waals surface area contributed by atoms with Crippen LogP contribution >= 0.6 is 0 Å². The molecule has 0 bridgehead atoms. The average Bonchev–Trinajstić information content (AvgIpc) is 3.22. The first kappa shape index (κ1) is 24.1. The summed E-state index contributed by atoms with van der Waals surface area (Å²) in [7, 11) is 0.787. The fraction of sp³-hybridized carbons (Fsp3) is 0.385. The topological polar surface area (TPSA) is 49.9 Å². The second-order valence-corrected chi connectivity index (χ2v) is 11.0. The van der Waals surface area contributed by atoms with Gasteiger partial charge in [-0.15, -0.1) is 0 Å². The normalized spacial score (nSPS) is 21.6. The van der Waals surface area contributed by atoms with Crippen LogP contribution in [-0.2, 0) is 20.0 Å². The molecule has 2 aliphatic rings. The van der Waals surface area contributed by atoms with Crippen molar-refractivity contribution in [2.24, 2.45) is 0 Å². The molecule has 5 nitrogen and oxygen atoms in total. The number of ether oxygens (including phenoxy) is 1. The highest BCUT2D eigenvalue weighted by Gasteiger charge is 2.59. The number of sulfone groups is 1. The molecular formula is C26H34N2O3S. The van der Waals surface area contributed by atoms with Crippen LogP contribution in [0.1, 0.15) is 32.4 Å². The van der Waals surface area contributed by atoms with Gasteiger partial charge in [0.1, 0.15) is 0 Å². The molecule has 32 heavy (non-hydrogen) atoms.